The highest BCUT2D eigenvalue weighted by Crippen LogP contribution is 2.22. The molecule has 0 saturated carbocycles. The Morgan fingerprint density at radius 2 is 2.23 bits per heavy atom. The molecule has 156 valence electrons. The van der Waals surface area contributed by atoms with E-state index in [0.717, 1.165) is 24.2 Å². The summed E-state index contributed by atoms with van der Waals surface area (Å²) in [5, 5.41) is 12.2. The number of hydrogen-bond acceptors (Lipinski definition) is 6. The van der Waals surface area contributed by atoms with Gasteiger partial charge in [0, 0.05) is 36.8 Å². The summed E-state index contributed by atoms with van der Waals surface area (Å²) in [6.07, 6.45) is 5.29. The van der Waals surface area contributed by atoms with Gasteiger partial charge >= 0.3 is 0 Å². The summed E-state index contributed by atoms with van der Waals surface area (Å²) in [5.41, 5.74) is 2.16. The minimum absolute atomic E-state index is 0.0717. The molecule has 1 saturated heterocycles. The fourth-order valence-electron chi connectivity index (χ4n) is 3.56. The highest BCUT2D eigenvalue weighted by molar-refractivity contribution is 7.89. The van der Waals surface area contributed by atoms with Crippen LogP contribution in [0.2, 0.25) is 0 Å². The molecule has 2 atom stereocenters. The molecule has 2 aromatic heterocycles. The van der Waals surface area contributed by atoms with E-state index in [2.05, 4.69) is 15.2 Å². The van der Waals surface area contributed by atoms with Crippen LogP contribution in [0.1, 0.15) is 23.2 Å². The highest BCUT2D eigenvalue weighted by atomic mass is 32.2. The molecule has 1 fully saturated rings. The van der Waals surface area contributed by atoms with Gasteiger partial charge in [0.25, 0.3) is 5.91 Å². The van der Waals surface area contributed by atoms with Gasteiger partial charge in [0.05, 0.1) is 35.6 Å². The normalized spacial score (nSPS) is 17.5. The molecule has 3 aromatic rings. The quantitative estimate of drug-likeness (QED) is 0.585. The van der Waals surface area contributed by atoms with Crippen molar-refractivity contribution in [1.82, 2.24) is 20.1 Å². The number of aromatic amines is 1. The Bertz CT molecular complexity index is 979. The minimum atomic E-state index is -1.61. The van der Waals surface area contributed by atoms with Crippen LogP contribution in [0.25, 0.3) is 11.4 Å². The maximum Gasteiger partial charge on any atom is 0.254 e. The first-order valence-electron chi connectivity index (χ1n) is 9.74. The summed E-state index contributed by atoms with van der Waals surface area (Å²) in [5.74, 6) is 0.860. The molecule has 1 amide bonds. The number of H-pyrrole nitrogens is 1. The number of pyridine rings is 1. The van der Waals surface area contributed by atoms with E-state index < -0.39 is 11.4 Å². The maximum absolute atomic E-state index is 12.9. The van der Waals surface area contributed by atoms with Gasteiger partial charge in [0.15, 0.2) is 4.90 Å². The second-order valence-electron chi connectivity index (χ2n) is 7.25. The number of nitrogens with one attached hydrogen (secondary N) is 1. The zero-order valence-corrected chi connectivity index (χ0v) is 17.2. The van der Waals surface area contributed by atoms with Crippen molar-refractivity contribution in [3.05, 3.63) is 60.4 Å². The van der Waals surface area contributed by atoms with Crippen molar-refractivity contribution in [1.29, 1.82) is 0 Å². The van der Waals surface area contributed by atoms with Crippen molar-refractivity contribution in [2.45, 2.75) is 17.7 Å². The summed E-state index contributed by atoms with van der Waals surface area (Å²) in [6.45, 7) is 1.84. The number of amides is 1. The summed E-state index contributed by atoms with van der Waals surface area (Å²) < 4.78 is 17.4. The van der Waals surface area contributed by atoms with Crippen LogP contribution in [0.4, 0.5) is 0 Å². The molecule has 1 unspecified atom stereocenters. The van der Waals surface area contributed by atoms with Gasteiger partial charge in [0.1, 0.15) is 5.75 Å². The molecule has 1 aliphatic rings. The van der Waals surface area contributed by atoms with E-state index >= 15 is 0 Å². The molecule has 4 rings (SSSR count). The average Bonchev–Trinajstić information content (AvgIpc) is 3.33. The number of ether oxygens (including phenoxy) is 1. The van der Waals surface area contributed by atoms with Crippen LogP contribution in [-0.2, 0) is 11.4 Å². The van der Waals surface area contributed by atoms with Gasteiger partial charge < -0.3 is 14.2 Å². The second kappa shape index (κ2) is 9.29. The first kappa shape index (κ1) is 20.4. The van der Waals surface area contributed by atoms with Crippen LogP contribution >= 0.6 is 0 Å². The minimum Gasteiger partial charge on any atom is -0.593 e. The second-order valence-corrected chi connectivity index (χ2v) is 8.31. The summed E-state index contributed by atoms with van der Waals surface area (Å²) >= 11 is -1.61. The summed E-state index contributed by atoms with van der Waals surface area (Å²) in [6, 6.07) is 12.3. The van der Waals surface area contributed by atoms with Crippen LogP contribution in [0.15, 0.2) is 59.8 Å². The smallest absolute Gasteiger partial charge is 0.254 e. The van der Waals surface area contributed by atoms with Crippen molar-refractivity contribution in [3.63, 3.8) is 0 Å². The molecule has 8 nitrogen and oxygen atoms in total. The number of piperidine rings is 1. The van der Waals surface area contributed by atoms with E-state index in [0.29, 0.717) is 35.9 Å². The van der Waals surface area contributed by atoms with Gasteiger partial charge in [-0.25, -0.2) is 0 Å². The van der Waals surface area contributed by atoms with Crippen molar-refractivity contribution in [2.75, 3.05) is 19.7 Å². The predicted octanol–water partition coefficient (Wildman–Crippen LogP) is 2.38. The Labute approximate surface area is 177 Å². The molecule has 0 spiro atoms. The number of nitrogens with two attached hydrogens (primary N) is 1. The first-order chi connectivity index (χ1) is 14.6. The number of benzene rings is 1. The molecule has 30 heavy (non-hydrogen) atoms. The molecule has 9 heteroatoms. The molecule has 3 heterocycles. The molecule has 0 bridgehead atoms. The number of hydrogen-bond donors (Lipinski definition) is 2. The van der Waals surface area contributed by atoms with E-state index in [9.17, 15) is 9.35 Å². The molecule has 0 aliphatic carbocycles. The van der Waals surface area contributed by atoms with Gasteiger partial charge in [-0.2, -0.15) is 5.10 Å². The van der Waals surface area contributed by atoms with Crippen LogP contribution in [0.5, 0.6) is 5.75 Å². The number of rotatable bonds is 6. The number of carbonyl (C=O) groups is 1. The van der Waals surface area contributed by atoms with Crippen molar-refractivity contribution < 1.29 is 14.1 Å². The molecular formula is C21H23N5O3S. The molecule has 1 aromatic carbocycles. The Balaban J connectivity index is 1.34. The fourth-order valence-corrected chi connectivity index (χ4v) is 4.02. The standard InChI is InChI=1S/C21H23N5O3S/c22-30(28)18-5-1-4-16(11-18)21(27)26-10-2-3-15(13-26)14-29-17-6-7-19(23-12-17)20-8-9-24-25-20/h1,4-9,11-12,15H,2-3,10,13-14,22H2,(H,24,25)/t15-,30?/m1/s1. The zero-order chi connectivity index (χ0) is 20.9. The Hall–Kier alpha value is -2.88. The summed E-state index contributed by atoms with van der Waals surface area (Å²) in [4.78, 5) is 19.5. The van der Waals surface area contributed by atoms with E-state index in [1.165, 1.54) is 0 Å². The van der Waals surface area contributed by atoms with E-state index in [-0.39, 0.29) is 11.8 Å². The topological polar surface area (TPSA) is 120 Å². The van der Waals surface area contributed by atoms with Crippen LogP contribution in [-0.4, -0.2) is 50.2 Å². The first-order valence-corrected chi connectivity index (χ1v) is 11.0. The third kappa shape index (κ3) is 4.81. The largest absolute Gasteiger partial charge is 0.593 e. The number of nitrogens with zero attached hydrogens (tertiary/aromatic N) is 3. The van der Waals surface area contributed by atoms with Gasteiger partial charge in [-0.3, -0.25) is 14.9 Å². The van der Waals surface area contributed by atoms with E-state index in [1.807, 2.05) is 23.1 Å². The number of likely N-dealkylation sites (tertiary alicyclic amines) is 1. The molecule has 1 aliphatic heterocycles. The molecule has 0 radical (unpaired) electrons. The van der Waals surface area contributed by atoms with Crippen molar-refractivity contribution in [3.8, 4) is 17.1 Å². The molecular weight excluding hydrogens is 402 g/mol. The SMILES string of the molecule is N[S+]([O-])c1cccc(C(=O)N2CCC[C@@H](COc3ccc(-c4ccn[nH]4)nc3)C2)c1. The lowest BCUT2D eigenvalue weighted by molar-refractivity contribution is 0.0633. The average molecular weight is 426 g/mol. The van der Waals surface area contributed by atoms with Gasteiger partial charge in [-0.05, 0) is 43.2 Å². The van der Waals surface area contributed by atoms with Crippen molar-refractivity contribution >= 4 is 17.3 Å². The predicted molar refractivity (Wildman–Crippen MR) is 113 cm³/mol. The van der Waals surface area contributed by atoms with Gasteiger partial charge in [-0.15, -0.1) is 5.14 Å². The van der Waals surface area contributed by atoms with Crippen LogP contribution in [0, 0.1) is 5.92 Å². The van der Waals surface area contributed by atoms with E-state index in [1.54, 1.807) is 36.7 Å². The third-order valence-electron chi connectivity index (χ3n) is 5.12. The summed E-state index contributed by atoms with van der Waals surface area (Å²) in [7, 11) is 0. The van der Waals surface area contributed by atoms with Crippen LogP contribution < -0.4 is 9.88 Å². The van der Waals surface area contributed by atoms with Gasteiger partial charge in [-0.1, -0.05) is 6.07 Å². The monoisotopic (exact) mass is 425 g/mol. The zero-order valence-electron chi connectivity index (χ0n) is 16.4. The highest BCUT2D eigenvalue weighted by Gasteiger charge is 2.25. The van der Waals surface area contributed by atoms with E-state index in [4.69, 9.17) is 9.88 Å². The maximum atomic E-state index is 12.9. The lowest BCUT2D eigenvalue weighted by Crippen LogP contribution is -2.41. The van der Waals surface area contributed by atoms with Crippen LogP contribution in [0.3, 0.4) is 0 Å². The molecule has 3 N–H and O–H groups in total. The Morgan fingerprint density at radius 3 is 2.97 bits per heavy atom. The van der Waals surface area contributed by atoms with Gasteiger partial charge in [0.2, 0.25) is 0 Å². The fraction of sp³-hybridized carbons (Fsp3) is 0.286. The third-order valence-corrected chi connectivity index (χ3v) is 5.84. The van der Waals surface area contributed by atoms with Crippen molar-refractivity contribution in [2.24, 2.45) is 11.1 Å². The Kier molecular flexibility index (Phi) is 6.32. The number of aromatic nitrogens is 3. The Morgan fingerprint density at radius 1 is 1.33 bits per heavy atom. The lowest BCUT2D eigenvalue weighted by atomic mass is 9.98. The number of carbonyl (C=O) groups excluding carboxylic acids is 1. The lowest BCUT2D eigenvalue weighted by Gasteiger charge is -2.32.